The summed E-state index contributed by atoms with van der Waals surface area (Å²) in [6.45, 7) is 0. The summed E-state index contributed by atoms with van der Waals surface area (Å²) in [5.41, 5.74) is 0.357. The molecular weight excluding hydrogens is 244 g/mol. The fourth-order valence-electron chi connectivity index (χ4n) is 1.48. The average Bonchev–Trinajstić information content (AvgIpc) is 2.58. The molecule has 2 aromatic rings. The van der Waals surface area contributed by atoms with E-state index in [1.165, 1.54) is 4.68 Å². The summed E-state index contributed by atoms with van der Waals surface area (Å²) < 4.78 is 31.3. The topological polar surface area (TPSA) is 92.2 Å². The molecule has 0 amide bonds. The van der Waals surface area contributed by atoms with Gasteiger partial charge in [-0.1, -0.05) is 18.2 Å². The van der Waals surface area contributed by atoms with Crippen LogP contribution in [0.3, 0.4) is 0 Å². The number of H-pyrrole nitrogens is 1. The van der Waals surface area contributed by atoms with E-state index in [-0.39, 0.29) is 11.3 Å². The van der Waals surface area contributed by atoms with Crippen LogP contribution in [-0.4, -0.2) is 22.8 Å². The van der Waals surface area contributed by atoms with Crippen LogP contribution < -0.4 is 5.56 Å². The Morgan fingerprint density at radius 1 is 1.24 bits per heavy atom. The second-order valence-electron chi connectivity index (χ2n) is 3.52. The molecule has 0 bridgehead atoms. The van der Waals surface area contributed by atoms with Crippen LogP contribution in [0.15, 0.2) is 41.2 Å². The molecule has 17 heavy (non-hydrogen) atoms. The zero-order valence-corrected chi connectivity index (χ0v) is 9.52. The van der Waals surface area contributed by atoms with Gasteiger partial charge in [0.25, 0.3) is 15.7 Å². The SMILES string of the molecule is O=c1cc(CS(=O)(=O)O)[nH]n1-c1ccccc1. The highest BCUT2D eigenvalue weighted by atomic mass is 32.2. The maximum absolute atomic E-state index is 11.6. The van der Waals surface area contributed by atoms with Gasteiger partial charge in [-0.3, -0.25) is 14.4 Å². The minimum atomic E-state index is -4.15. The van der Waals surface area contributed by atoms with E-state index < -0.39 is 15.9 Å². The highest BCUT2D eigenvalue weighted by molar-refractivity contribution is 7.84. The zero-order valence-electron chi connectivity index (χ0n) is 8.70. The smallest absolute Gasteiger partial charge is 0.271 e. The number of rotatable bonds is 3. The predicted molar refractivity (Wildman–Crippen MR) is 61.6 cm³/mol. The van der Waals surface area contributed by atoms with Crippen molar-refractivity contribution in [1.29, 1.82) is 0 Å². The van der Waals surface area contributed by atoms with Crippen LogP contribution in [0.1, 0.15) is 5.69 Å². The lowest BCUT2D eigenvalue weighted by Crippen LogP contribution is -2.13. The summed E-state index contributed by atoms with van der Waals surface area (Å²) in [5, 5.41) is 2.62. The third-order valence-electron chi connectivity index (χ3n) is 2.13. The summed E-state index contributed by atoms with van der Waals surface area (Å²) in [6, 6.07) is 9.86. The Morgan fingerprint density at radius 3 is 2.47 bits per heavy atom. The standard InChI is InChI=1S/C10H10N2O4S/c13-10-6-8(7-17(14,15)16)11-12(10)9-4-2-1-3-5-9/h1-6,11H,7H2,(H,14,15,16). The quantitative estimate of drug-likeness (QED) is 0.782. The monoisotopic (exact) mass is 254 g/mol. The largest absolute Gasteiger partial charge is 0.294 e. The van der Waals surface area contributed by atoms with Gasteiger partial charge in [-0.2, -0.15) is 8.42 Å². The lowest BCUT2D eigenvalue weighted by molar-refractivity contribution is 0.481. The number of nitrogens with zero attached hydrogens (tertiary/aromatic N) is 1. The molecule has 6 nitrogen and oxygen atoms in total. The number of aromatic nitrogens is 2. The lowest BCUT2D eigenvalue weighted by atomic mass is 10.3. The number of hydrogen-bond acceptors (Lipinski definition) is 3. The van der Waals surface area contributed by atoms with Crippen LogP contribution in [0.25, 0.3) is 5.69 Å². The number of nitrogens with one attached hydrogen (secondary N) is 1. The molecule has 0 unspecified atom stereocenters. The summed E-state index contributed by atoms with van der Waals surface area (Å²) in [6.07, 6.45) is 0. The van der Waals surface area contributed by atoms with Gasteiger partial charge in [0.1, 0.15) is 5.75 Å². The summed E-state index contributed by atoms with van der Waals surface area (Å²) >= 11 is 0. The van der Waals surface area contributed by atoms with Gasteiger partial charge in [-0.05, 0) is 12.1 Å². The molecule has 2 rings (SSSR count). The molecule has 0 fully saturated rings. The second-order valence-corrected chi connectivity index (χ2v) is 4.97. The summed E-state index contributed by atoms with van der Waals surface area (Å²) in [4.78, 5) is 11.6. The Morgan fingerprint density at radius 2 is 1.88 bits per heavy atom. The lowest BCUT2D eigenvalue weighted by Gasteiger charge is -2.00. The van der Waals surface area contributed by atoms with E-state index >= 15 is 0 Å². The molecule has 7 heteroatoms. The van der Waals surface area contributed by atoms with Gasteiger partial charge in [0, 0.05) is 6.07 Å². The van der Waals surface area contributed by atoms with Crippen molar-refractivity contribution >= 4 is 10.1 Å². The maximum Gasteiger partial charge on any atom is 0.271 e. The molecule has 90 valence electrons. The van der Waals surface area contributed by atoms with E-state index in [0.717, 1.165) is 6.07 Å². The van der Waals surface area contributed by atoms with Gasteiger partial charge in [0.15, 0.2) is 0 Å². The highest BCUT2D eigenvalue weighted by Crippen LogP contribution is 2.05. The third-order valence-corrected chi connectivity index (χ3v) is 2.80. The van der Waals surface area contributed by atoms with E-state index in [1.54, 1.807) is 30.3 Å². The van der Waals surface area contributed by atoms with Crippen molar-refractivity contribution in [3.05, 3.63) is 52.4 Å². The van der Waals surface area contributed by atoms with Crippen molar-refractivity contribution in [3.63, 3.8) is 0 Å². The molecule has 0 radical (unpaired) electrons. The Balaban J connectivity index is 2.42. The highest BCUT2D eigenvalue weighted by Gasteiger charge is 2.11. The second kappa shape index (κ2) is 4.19. The first kappa shape index (κ1) is 11.6. The summed E-state index contributed by atoms with van der Waals surface area (Å²) in [7, 11) is -4.15. The molecule has 0 saturated heterocycles. The van der Waals surface area contributed by atoms with Crippen LogP contribution in [-0.2, 0) is 15.9 Å². The molecule has 1 heterocycles. The predicted octanol–water partition coefficient (Wildman–Crippen LogP) is 0.553. The molecule has 0 aliphatic carbocycles. The van der Waals surface area contributed by atoms with Crippen molar-refractivity contribution in [1.82, 2.24) is 9.78 Å². The Labute approximate surface area is 97.3 Å². The normalized spacial score (nSPS) is 11.6. The van der Waals surface area contributed by atoms with Crippen molar-refractivity contribution in [2.24, 2.45) is 0 Å². The molecular formula is C10H10N2O4S. The van der Waals surface area contributed by atoms with Crippen molar-refractivity contribution < 1.29 is 13.0 Å². The van der Waals surface area contributed by atoms with E-state index in [1.807, 2.05) is 0 Å². The van der Waals surface area contributed by atoms with Gasteiger partial charge >= 0.3 is 0 Å². The van der Waals surface area contributed by atoms with Crippen LogP contribution in [0.4, 0.5) is 0 Å². The minimum absolute atomic E-state index is 0.140. The Kier molecular flexibility index (Phi) is 2.86. The first-order valence-corrected chi connectivity index (χ1v) is 6.38. The van der Waals surface area contributed by atoms with E-state index in [0.29, 0.717) is 5.69 Å². The minimum Gasteiger partial charge on any atom is -0.294 e. The molecule has 0 saturated carbocycles. The van der Waals surface area contributed by atoms with E-state index in [4.69, 9.17) is 4.55 Å². The average molecular weight is 254 g/mol. The Hall–Kier alpha value is -1.86. The fraction of sp³-hybridized carbons (Fsp3) is 0.100. The summed E-state index contributed by atoms with van der Waals surface area (Å²) in [5.74, 6) is -0.609. The van der Waals surface area contributed by atoms with Crippen LogP contribution in [0, 0.1) is 0 Å². The number of benzene rings is 1. The first-order valence-electron chi connectivity index (χ1n) is 4.77. The number of para-hydroxylation sites is 1. The molecule has 0 aliphatic heterocycles. The molecule has 1 aromatic heterocycles. The van der Waals surface area contributed by atoms with Gasteiger partial charge in [-0.25, -0.2) is 4.68 Å². The van der Waals surface area contributed by atoms with Crippen molar-refractivity contribution in [2.75, 3.05) is 0 Å². The third kappa shape index (κ3) is 2.83. The first-order chi connectivity index (χ1) is 7.96. The van der Waals surface area contributed by atoms with Gasteiger partial charge in [-0.15, -0.1) is 0 Å². The number of aromatic amines is 1. The Bertz CT molecular complexity index is 670. The van der Waals surface area contributed by atoms with Gasteiger partial charge in [0.05, 0.1) is 11.4 Å². The maximum atomic E-state index is 11.6. The van der Waals surface area contributed by atoms with Gasteiger partial charge in [0.2, 0.25) is 0 Å². The molecule has 0 spiro atoms. The molecule has 1 aromatic carbocycles. The van der Waals surface area contributed by atoms with Crippen LogP contribution in [0.2, 0.25) is 0 Å². The van der Waals surface area contributed by atoms with Crippen molar-refractivity contribution in [3.8, 4) is 5.69 Å². The molecule has 0 atom stereocenters. The van der Waals surface area contributed by atoms with E-state index in [9.17, 15) is 13.2 Å². The van der Waals surface area contributed by atoms with Crippen LogP contribution >= 0.6 is 0 Å². The number of hydrogen-bond donors (Lipinski definition) is 2. The fourth-order valence-corrected chi connectivity index (χ4v) is 2.02. The molecule has 2 N–H and O–H groups in total. The van der Waals surface area contributed by atoms with E-state index in [2.05, 4.69) is 5.10 Å². The van der Waals surface area contributed by atoms with Crippen LogP contribution in [0.5, 0.6) is 0 Å². The molecule has 0 aliphatic rings. The zero-order chi connectivity index (χ0) is 12.5. The van der Waals surface area contributed by atoms with Crippen molar-refractivity contribution in [2.45, 2.75) is 5.75 Å². The van der Waals surface area contributed by atoms with Gasteiger partial charge < -0.3 is 0 Å².